The zero-order valence-corrected chi connectivity index (χ0v) is 18.2. The number of amides is 2. The highest BCUT2D eigenvalue weighted by Gasteiger charge is 2.25. The van der Waals surface area contributed by atoms with Gasteiger partial charge in [0, 0.05) is 18.3 Å². The molecule has 0 radical (unpaired) electrons. The number of aromatic nitrogens is 2. The van der Waals surface area contributed by atoms with Crippen LogP contribution in [0.5, 0.6) is 0 Å². The fraction of sp³-hybridized carbons (Fsp3) is 0.364. The van der Waals surface area contributed by atoms with Crippen molar-refractivity contribution in [3.8, 4) is 0 Å². The summed E-state index contributed by atoms with van der Waals surface area (Å²) in [7, 11) is 0. The highest BCUT2D eigenvalue weighted by Crippen LogP contribution is 2.27. The highest BCUT2D eigenvalue weighted by atomic mass is 32.1. The van der Waals surface area contributed by atoms with Crippen LogP contribution in [0.2, 0.25) is 0 Å². The van der Waals surface area contributed by atoms with Crippen molar-refractivity contribution in [1.29, 1.82) is 0 Å². The number of hydrogen-bond acceptors (Lipinski definition) is 5. The van der Waals surface area contributed by atoms with E-state index in [9.17, 15) is 18.8 Å². The average Bonchev–Trinajstić information content (AvgIpc) is 3.09. The van der Waals surface area contributed by atoms with Crippen LogP contribution < -0.4 is 10.9 Å². The molecule has 2 amide bonds. The number of piperidine rings is 1. The molecule has 9 heteroatoms. The van der Waals surface area contributed by atoms with Crippen molar-refractivity contribution in [3.05, 3.63) is 57.2 Å². The fourth-order valence-electron chi connectivity index (χ4n) is 3.91. The minimum atomic E-state index is -0.394. The zero-order valence-electron chi connectivity index (χ0n) is 17.4. The van der Waals surface area contributed by atoms with Gasteiger partial charge in [0.15, 0.2) is 0 Å². The van der Waals surface area contributed by atoms with E-state index in [1.807, 2.05) is 11.8 Å². The molecule has 1 fully saturated rings. The fourth-order valence-corrected chi connectivity index (χ4v) is 4.95. The number of likely N-dealkylation sites (tertiary alicyclic amines) is 1. The molecule has 7 nitrogen and oxygen atoms in total. The molecule has 3 aromatic rings. The van der Waals surface area contributed by atoms with Crippen LogP contribution in [-0.4, -0.2) is 38.9 Å². The number of carbonyl (C=O) groups excluding carboxylic acids is 2. The van der Waals surface area contributed by atoms with Gasteiger partial charge in [0.25, 0.3) is 11.5 Å². The number of rotatable bonds is 4. The van der Waals surface area contributed by atoms with Crippen molar-refractivity contribution in [2.75, 3.05) is 11.9 Å². The summed E-state index contributed by atoms with van der Waals surface area (Å²) in [6, 6.07) is 5.61. The lowest BCUT2D eigenvalue weighted by Crippen LogP contribution is -2.44. The summed E-state index contributed by atoms with van der Waals surface area (Å²) in [4.78, 5) is 45.5. The molecule has 1 atom stereocenters. The van der Waals surface area contributed by atoms with Gasteiger partial charge in [-0.3, -0.25) is 19.0 Å². The molecule has 1 saturated heterocycles. The van der Waals surface area contributed by atoms with E-state index >= 15 is 0 Å². The summed E-state index contributed by atoms with van der Waals surface area (Å²) in [6.45, 7) is 4.35. The van der Waals surface area contributed by atoms with Gasteiger partial charge in [-0.15, -0.1) is 11.3 Å². The Hall–Kier alpha value is -3.07. The number of carbonyl (C=O) groups is 2. The van der Waals surface area contributed by atoms with Crippen LogP contribution in [0.4, 0.5) is 10.1 Å². The van der Waals surface area contributed by atoms with Gasteiger partial charge in [0.2, 0.25) is 5.91 Å². The number of aryl methyl sites for hydroxylation is 1. The molecule has 1 unspecified atom stereocenters. The Morgan fingerprint density at radius 1 is 1.26 bits per heavy atom. The molecule has 0 saturated carbocycles. The lowest BCUT2D eigenvalue weighted by atomic mass is 10.0. The van der Waals surface area contributed by atoms with Crippen LogP contribution in [0, 0.1) is 12.7 Å². The molecule has 4 rings (SSSR count). The summed E-state index contributed by atoms with van der Waals surface area (Å²) >= 11 is 1.12. The average molecular weight is 443 g/mol. The van der Waals surface area contributed by atoms with Gasteiger partial charge in [-0.25, -0.2) is 9.37 Å². The Morgan fingerprint density at radius 2 is 2.00 bits per heavy atom. The van der Waals surface area contributed by atoms with Gasteiger partial charge < -0.3 is 10.2 Å². The van der Waals surface area contributed by atoms with Crippen LogP contribution in [0.3, 0.4) is 0 Å². The first-order chi connectivity index (χ1) is 14.8. The van der Waals surface area contributed by atoms with E-state index in [-0.39, 0.29) is 24.1 Å². The van der Waals surface area contributed by atoms with E-state index in [0.717, 1.165) is 30.6 Å². The SMILES string of the molecule is Cc1c(C(=O)Nc2ccc(F)cc2)sc2ncn(CC(=O)N3CCCCC3C)c(=O)c12. The van der Waals surface area contributed by atoms with Gasteiger partial charge in [-0.1, -0.05) is 0 Å². The third-order valence-electron chi connectivity index (χ3n) is 5.65. The minimum absolute atomic E-state index is 0.0709. The lowest BCUT2D eigenvalue weighted by Gasteiger charge is -2.33. The van der Waals surface area contributed by atoms with E-state index in [0.29, 0.717) is 32.9 Å². The Bertz CT molecular complexity index is 1200. The number of hydrogen-bond donors (Lipinski definition) is 1. The molecule has 1 aliphatic heterocycles. The summed E-state index contributed by atoms with van der Waals surface area (Å²) in [5.41, 5.74) is 0.637. The van der Waals surface area contributed by atoms with Crippen LogP contribution in [0.1, 0.15) is 41.4 Å². The molecular weight excluding hydrogens is 419 g/mol. The first kappa shape index (κ1) is 21.2. The Labute approximate surface area is 182 Å². The van der Waals surface area contributed by atoms with Crippen LogP contribution in [0.25, 0.3) is 10.2 Å². The smallest absolute Gasteiger partial charge is 0.266 e. The third kappa shape index (κ3) is 4.23. The summed E-state index contributed by atoms with van der Waals surface area (Å²) in [5, 5.41) is 3.05. The molecular formula is C22H23FN4O3S. The maximum atomic E-state index is 13.1. The second kappa shape index (κ2) is 8.58. The molecule has 1 N–H and O–H groups in total. The topological polar surface area (TPSA) is 84.3 Å². The van der Waals surface area contributed by atoms with Gasteiger partial charge in [-0.05, 0) is 62.9 Å². The van der Waals surface area contributed by atoms with Crippen molar-refractivity contribution in [2.45, 2.75) is 45.7 Å². The largest absolute Gasteiger partial charge is 0.338 e. The van der Waals surface area contributed by atoms with E-state index < -0.39 is 11.7 Å². The monoisotopic (exact) mass is 442 g/mol. The van der Waals surface area contributed by atoms with Crippen LogP contribution in [0.15, 0.2) is 35.4 Å². The second-order valence-corrected chi connectivity index (χ2v) is 8.81. The van der Waals surface area contributed by atoms with E-state index in [2.05, 4.69) is 10.3 Å². The molecule has 162 valence electrons. The number of anilines is 1. The van der Waals surface area contributed by atoms with Crippen LogP contribution in [-0.2, 0) is 11.3 Å². The Balaban J connectivity index is 1.60. The first-order valence-electron chi connectivity index (χ1n) is 10.2. The summed E-state index contributed by atoms with van der Waals surface area (Å²) in [5.74, 6) is -0.886. The molecule has 0 spiro atoms. The van der Waals surface area contributed by atoms with Gasteiger partial charge in [0.05, 0.1) is 16.6 Å². The number of nitrogens with one attached hydrogen (secondary N) is 1. The van der Waals surface area contributed by atoms with Crippen molar-refractivity contribution in [1.82, 2.24) is 14.5 Å². The molecule has 31 heavy (non-hydrogen) atoms. The molecule has 0 bridgehead atoms. The Kier molecular flexibility index (Phi) is 5.86. The molecule has 1 aromatic carbocycles. The number of halogens is 1. The standard InChI is InChI=1S/C22H23FN4O3S/c1-13-5-3-4-10-27(13)17(28)11-26-12-24-21-18(22(26)30)14(2)19(31-21)20(29)25-16-8-6-15(23)7-9-16/h6-9,12-13H,3-5,10-11H2,1-2H3,(H,25,29). The van der Waals surface area contributed by atoms with Crippen molar-refractivity contribution < 1.29 is 14.0 Å². The number of benzene rings is 1. The third-order valence-corrected chi connectivity index (χ3v) is 6.85. The van der Waals surface area contributed by atoms with Crippen molar-refractivity contribution >= 4 is 39.1 Å². The van der Waals surface area contributed by atoms with Gasteiger partial charge in [-0.2, -0.15) is 0 Å². The van der Waals surface area contributed by atoms with Crippen molar-refractivity contribution in [3.63, 3.8) is 0 Å². The molecule has 0 aliphatic carbocycles. The number of nitrogens with zero attached hydrogens (tertiary/aromatic N) is 3. The maximum absolute atomic E-state index is 13.1. The zero-order chi connectivity index (χ0) is 22.1. The van der Waals surface area contributed by atoms with E-state index in [1.165, 1.54) is 35.2 Å². The van der Waals surface area contributed by atoms with E-state index in [1.54, 1.807) is 6.92 Å². The van der Waals surface area contributed by atoms with E-state index in [4.69, 9.17) is 0 Å². The van der Waals surface area contributed by atoms with Crippen LogP contribution >= 0.6 is 11.3 Å². The second-order valence-electron chi connectivity index (χ2n) is 7.81. The van der Waals surface area contributed by atoms with Gasteiger partial charge >= 0.3 is 0 Å². The Morgan fingerprint density at radius 3 is 2.71 bits per heavy atom. The maximum Gasteiger partial charge on any atom is 0.266 e. The van der Waals surface area contributed by atoms with Gasteiger partial charge in [0.1, 0.15) is 17.2 Å². The number of fused-ring (bicyclic) bond motifs is 1. The predicted molar refractivity (Wildman–Crippen MR) is 118 cm³/mol. The number of thiophene rings is 1. The molecule has 1 aliphatic rings. The minimum Gasteiger partial charge on any atom is -0.338 e. The normalized spacial score (nSPS) is 16.5. The summed E-state index contributed by atoms with van der Waals surface area (Å²) < 4.78 is 14.4. The lowest BCUT2D eigenvalue weighted by molar-refractivity contribution is -0.135. The predicted octanol–water partition coefficient (Wildman–Crippen LogP) is 3.56. The van der Waals surface area contributed by atoms with Crippen molar-refractivity contribution in [2.24, 2.45) is 0 Å². The quantitative estimate of drug-likeness (QED) is 0.670. The summed E-state index contributed by atoms with van der Waals surface area (Å²) in [6.07, 6.45) is 4.41. The molecule has 2 aromatic heterocycles. The molecule has 3 heterocycles. The first-order valence-corrected chi connectivity index (χ1v) is 11.0. The highest BCUT2D eigenvalue weighted by molar-refractivity contribution is 7.20.